The number of nitrogens with one attached hydrogen (secondary N) is 2. The van der Waals surface area contributed by atoms with Crippen LogP contribution in [0.4, 0.5) is 4.39 Å². The molecule has 0 radical (unpaired) electrons. The first-order chi connectivity index (χ1) is 9.00. The van der Waals surface area contributed by atoms with E-state index in [0.717, 1.165) is 31.1 Å². The second-order valence-corrected chi connectivity index (χ2v) is 6.30. The highest BCUT2D eigenvalue weighted by Gasteiger charge is 2.22. The lowest BCUT2D eigenvalue weighted by Gasteiger charge is -2.15. The Hall–Kier alpha value is -0.950. The Morgan fingerprint density at radius 3 is 2.84 bits per heavy atom. The van der Waals surface area contributed by atoms with Crippen LogP contribution in [-0.2, 0) is 10.0 Å². The Morgan fingerprint density at radius 1 is 1.42 bits per heavy atom. The molecule has 104 valence electrons. The van der Waals surface area contributed by atoms with E-state index in [0.29, 0.717) is 0 Å². The minimum absolute atomic E-state index is 0.119. The van der Waals surface area contributed by atoms with Crippen molar-refractivity contribution in [2.75, 3.05) is 19.6 Å². The van der Waals surface area contributed by atoms with Gasteiger partial charge in [-0.05, 0) is 25.1 Å². The minimum Gasteiger partial charge on any atom is -0.313 e. The number of benzene rings is 1. The smallest absolute Gasteiger partial charge is 0.245 e. The summed E-state index contributed by atoms with van der Waals surface area (Å²) in [5.74, 6) is -0.848. The molecule has 4 nitrogen and oxygen atoms in total. The molecular weight excluding hydrogens is 291 g/mol. The third-order valence-corrected chi connectivity index (χ3v) is 4.74. The molecule has 1 aromatic carbocycles. The standard InChI is InChI=1S/C12H14ClFN2O2S/c13-10-2-1-3-11(14)12(10)19(17,18)16-8-9-4-6-15-7-5-9/h1-4,15-16H,5-8H2. The van der Waals surface area contributed by atoms with Gasteiger partial charge in [-0.1, -0.05) is 29.3 Å². The molecule has 2 rings (SSSR count). The molecule has 0 unspecified atom stereocenters. The van der Waals surface area contributed by atoms with Gasteiger partial charge >= 0.3 is 0 Å². The van der Waals surface area contributed by atoms with Crippen molar-refractivity contribution in [2.45, 2.75) is 11.3 Å². The van der Waals surface area contributed by atoms with E-state index in [1.54, 1.807) is 0 Å². The van der Waals surface area contributed by atoms with Crippen LogP contribution in [0, 0.1) is 5.82 Å². The van der Waals surface area contributed by atoms with Crippen LogP contribution < -0.4 is 10.0 Å². The monoisotopic (exact) mass is 304 g/mol. The van der Waals surface area contributed by atoms with E-state index in [1.165, 1.54) is 12.1 Å². The minimum atomic E-state index is -3.94. The van der Waals surface area contributed by atoms with Crippen LogP contribution in [0.15, 0.2) is 34.7 Å². The molecule has 0 fully saturated rings. The summed E-state index contributed by atoms with van der Waals surface area (Å²) >= 11 is 5.75. The van der Waals surface area contributed by atoms with Gasteiger partial charge in [-0.15, -0.1) is 0 Å². The van der Waals surface area contributed by atoms with Crippen LogP contribution in [0.2, 0.25) is 5.02 Å². The number of halogens is 2. The number of sulfonamides is 1. The average Bonchev–Trinajstić information content (AvgIpc) is 2.37. The van der Waals surface area contributed by atoms with Crippen LogP contribution in [0.5, 0.6) is 0 Å². The van der Waals surface area contributed by atoms with Gasteiger partial charge in [0.2, 0.25) is 10.0 Å². The van der Waals surface area contributed by atoms with Gasteiger partial charge in [0.05, 0.1) is 5.02 Å². The maximum atomic E-state index is 13.6. The van der Waals surface area contributed by atoms with E-state index in [9.17, 15) is 12.8 Å². The Labute approximate surface area is 116 Å². The lowest BCUT2D eigenvalue weighted by molar-refractivity contribution is 0.558. The maximum Gasteiger partial charge on any atom is 0.245 e. The van der Waals surface area contributed by atoms with Crippen LogP contribution in [0.1, 0.15) is 6.42 Å². The van der Waals surface area contributed by atoms with Gasteiger partial charge in [0, 0.05) is 13.1 Å². The molecule has 0 saturated heterocycles. The topological polar surface area (TPSA) is 58.2 Å². The Kier molecular flexibility index (Phi) is 4.57. The van der Waals surface area contributed by atoms with Crippen molar-refractivity contribution >= 4 is 21.6 Å². The van der Waals surface area contributed by atoms with E-state index in [4.69, 9.17) is 11.6 Å². The quantitative estimate of drug-likeness (QED) is 0.832. The van der Waals surface area contributed by atoms with Gasteiger partial charge in [0.15, 0.2) is 0 Å². The first-order valence-electron chi connectivity index (χ1n) is 5.83. The largest absolute Gasteiger partial charge is 0.313 e. The van der Waals surface area contributed by atoms with Crippen molar-refractivity contribution in [3.05, 3.63) is 40.7 Å². The van der Waals surface area contributed by atoms with Crippen molar-refractivity contribution in [1.82, 2.24) is 10.0 Å². The lowest BCUT2D eigenvalue weighted by atomic mass is 10.1. The fourth-order valence-corrected chi connectivity index (χ4v) is 3.47. The molecule has 0 aliphatic carbocycles. The van der Waals surface area contributed by atoms with Gasteiger partial charge in [-0.3, -0.25) is 0 Å². The summed E-state index contributed by atoms with van der Waals surface area (Å²) in [7, 11) is -3.94. The fourth-order valence-electron chi connectivity index (χ4n) is 1.83. The molecule has 7 heteroatoms. The molecule has 1 aromatic rings. The fraction of sp³-hybridized carbons (Fsp3) is 0.333. The van der Waals surface area contributed by atoms with Crippen LogP contribution in [-0.4, -0.2) is 28.1 Å². The molecule has 19 heavy (non-hydrogen) atoms. The van der Waals surface area contributed by atoms with Crippen molar-refractivity contribution in [2.24, 2.45) is 0 Å². The van der Waals surface area contributed by atoms with E-state index < -0.39 is 20.7 Å². The zero-order valence-corrected chi connectivity index (χ0v) is 11.7. The van der Waals surface area contributed by atoms with Gasteiger partial charge in [-0.25, -0.2) is 17.5 Å². The molecule has 0 aromatic heterocycles. The Bertz CT molecular complexity index is 581. The second-order valence-electron chi connectivity index (χ2n) is 4.19. The van der Waals surface area contributed by atoms with Crippen molar-refractivity contribution < 1.29 is 12.8 Å². The van der Waals surface area contributed by atoms with Crippen LogP contribution in [0.3, 0.4) is 0 Å². The SMILES string of the molecule is O=S(=O)(NCC1=CCNCC1)c1c(F)cccc1Cl. The van der Waals surface area contributed by atoms with Crippen molar-refractivity contribution in [3.63, 3.8) is 0 Å². The Balaban J connectivity index is 2.16. The number of hydrogen-bond donors (Lipinski definition) is 2. The second kappa shape index (κ2) is 6.00. The molecule has 0 amide bonds. The van der Waals surface area contributed by atoms with Gasteiger partial charge in [0.1, 0.15) is 10.7 Å². The van der Waals surface area contributed by atoms with Crippen LogP contribution >= 0.6 is 11.6 Å². The van der Waals surface area contributed by atoms with Crippen molar-refractivity contribution in [1.29, 1.82) is 0 Å². The first-order valence-corrected chi connectivity index (χ1v) is 7.69. The van der Waals surface area contributed by atoms with Gasteiger partial charge in [-0.2, -0.15) is 0 Å². The molecule has 1 heterocycles. The maximum absolute atomic E-state index is 13.6. The molecule has 0 saturated carbocycles. The predicted octanol–water partition coefficient (Wildman–Crippen LogP) is 1.68. The van der Waals surface area contributed by atoms with Gasteiger partial charge in [0.25, 0.3) is 0 Å². The summed E-state index contributed by atoms with van der Waals surface area (Å²) < 4.78 is 40.0. The summed E-state index contributed by atoms with van der Waals surface area (Å²) in [4.78, 5) is -0.494. The molecule has 0 spiro atoms. The highest BCUT2D eigenvalue weighted by Crippen LogP contribution is 2.24. The molecule has 1 aliphatic heterocycles. The first kappa shape index (κ1) is 14.5. The molecule has 0 atom stereocenters. The summed E-state index contributed by atoms with van der Waals surface area (Å²) in [5.41, 5.74) is 0.981. The summed E-state index contributed by atoms with van der Waals surface area (Å²) in [6.07, 6.45) is 2.70. The molecular formula is C12H14ClFN2O2S. The molecule has 2 N–H and O–H groups in total. The lowest BCUT2D eigenvalue weighted by Crippen LogP contribution is -2.30. The summed E-state index contributed by atoms with van der Waals surface area (Å²) in [6.45, 7) is 1.71. The molecule has 0 bridgehead atoms. The zero-order valence-electron chi connectivity index (χ0n) is 10.1. The van der Waals surface area contributed by atoms with E-state index in [2.05, 4.69) is 10.0 Å². The van der Waals surface area contributed by atoms with Crippen LogP contribution in [0.25, 0.3) is 0 Å². The average molecular weight is 305 g/mol. The summed E-state index contributed by atoms with van der Waals surface area (Å²) in [6, 6.07) is 3.79. The third-order valence-electron chi connectivity index (χ3n) is 2.83. The number of rotatable bonds is 4. The highest BCUT2D eigenvalue weighted by molar-refractivity contribution is 7.89. The normalized spacial score (nSPS) is 16.2. The predicted molar refractivity (Wildman–Crippen MR) is 72.2 cm³/mol. The van der Waals surface area contributed by atoms with E-state index in [1.807, 2.05) is 6.08 Å². The Morgan fingerprint density at radius 2 is 2.21 bits per heavy atom. The summed E-state index contributed by atoms with van der Waals surface area (Å²) in [5, 5.41) is 3.01. The number of hydrogen-bond acceptors (Lipinski definition) is 3. The van der Waals surface area contributed by atoms with Crippen molar-refractivity contribution in [3.8, 4) is 0 Å². The molecule has 1 aliphatic rings. The third kappa shape index (κ3) is 3.54. The van der Waals surface area contributed by atoms with Gasteiger partial charge < -0.3 is 5.32 Å². The van der Waals surface area contributed by atoms with E-state index in [-0.39, 0.29) is 11.6 Å². The highest BCUT2D eigenvalue weighted by atomic mass is 35.5. The van der Waals surface area contributed by atoms with E-state index >= 15 is 0 Å². The zero-order chi connectivity index (χ0) is 13.9.